The van der Waals surface area contributed by atoms with Gasteiger partial charge in [-0.3, -0.25) is 4.79 Å². The third-order valence-corrected chi connectivity index (χ3v) is 3.54. The zero-order valence-corrected chi connectivity index (χ0v) is 11.5. The molecule has 1 aliphatic carbocycles. The van der Waals surface area contributed by atoms with E-state index < -0.39 is 5.91 Å². The van der Waals surface area contributed by atoms with Crippen molar-refractivity contribution in [3.05, 3.63) is 23.9 Å². The number of rotatable bonds is 6. The highest BCUT2D eigenvalue weighted by atomic mass is 16.5. The van der Waals surface area contributed by atoms with Gasteiger partial charge in [0, 0.05) is 18.8 Å². The number of amides is 1. The number of ether oxygens (including phenoxy) is 1. The molecule has 6 heteroatoms. The average Bonchev–Trinajstić information content (AvgIpc) is 2.46. The first-order valence-electron chi connectivity index (χ1n) is 7.02. The number of aromatic nitrogens is 1. The molecule has 5 N–H and O–H groups in total. The van der Waals surface area contributed by atoms with Crippen molar-refractivity contribution in [1.29, 1.82) is 0 Å². The molecule has 6 nitrogen and oxygen atoms in total. The lowest BCUT2D eigenvalue weighted by Gasteiger charge is -2.26. The Morgan fingerprint density at radius 2 is 2.15 bits per heavy atom. The molecule has 0 aliphatic heterocycles. The number of nitrogens with one attached hydrogen (secondary N) is 1. The van der Waals surface area contributed by atoms with Crippen molar-refractivity contribution in [2.45, 2.75) is 37.8 Å². The van der Waals surface area contributed by atoms with Gasteiger partial charge in [-0.05, 0) is 37.8 Å². The van der Waals surface area contributed by atoms with E-state index in [9.17, 15) is 4.79 Å². The normalized spacial score (nSPS) is 22.4. The SMILES string of the molecule is NC(=O)c1cccnc1NCCOC1CCC(N)CC1. The van der Waals surface area contributed by atoms with Gasteiger partial charge in [0.2, 0.25) is 0 Å². The van der Waals surface area contributed by atoms with E-state index in [2.05, 4.69) is 10.3 Å². The fraction of sp³-hybridized carbons (Fsp3) is 0.571. The zero-order chi connectivity index (χ0) is 14.4. The highest BCUT2D eigenvalue weighted by Crippen LogP contribution is 2.19. The van der Waals surface area contributed by atoms with Crippen LogP contribution in [0.5, 0.6) is 0 Å². The second kappa shape index (κ2) is 7.21. The number of primary amides is 1. The van der Waals surface area contributed by atoms with Crippen LogP contribution >= 0.6 is 0 Å². The Morgan fingerprint density at radius 3 is 2.85 bits per heavy atom. The van der Waals surface area contributed by atoms with Crippen molar-refractivity contribution in [3.63, 3.8) is 0 Å². The Bertz CT molecular complexity index is 445. The molecule has 1 amide bonds. The molecule has 1 heterocycles. The molecule has 20 heavy (non-hydrogen) atoms. The van der Waals surface area contributed by atoms with Gasteiger partial charge in [-0.1, -0.05) is 0 Å². The summed E-state index contributed by atoms with van der Waals surface area (Å²) in [5.41, 5.74) is 11.5. The average molecular weight is 278 g/mol. The lowest BCUT2D eigenvalue weighted by atomic mass is 9.94. The number of nitrogens with two attached hydrogens (primary N) is 2. The Hall–Kier alpha value is -1.66. The van der Waals surface area contributed by atoms with E-state index in [0.717, 1.165) is 25.7 Å². The van der Waals surface area contributed by atoms with Crippen LogP contribution in [0.1, 0.15) is 36.0 Å². The van der Waals surface area contributed by atoms with E-state index in [1.165, 1.54) is 0 Å². The van der Waals surface area contributed by atoms with Crippen molar-refractivity contribution in [2.75, 3.05) is 18.5 Å². The molecule has 1 fully saturated rings. The molecule has 0 atom stereocenters. The van der Waals surface area contributed by atoms with E-state index in [1.54, 1.807) is 18.3 Å². The monoisotopic (exact) mass is 278 g/mol. The van der Waals surface area contributed by atoms with Crippen LogP contribution in [0.4, 0.5) is 5.82 Å². The molecule has 1 aromatic heterocycles. The molecule has 110 valence electrons. The maximum Gasteiger partial charge on any atom is 0.252 e. The first kappa shape index (κ1) is 14.7. The van der Waals surface area contributed by atoms with Crippen molar-refractivity contribution in [1.82, 2.24) is 4.98 Å². The van der Waals surface area contributed by atoms with E-state index in [1.807, 2.05) is 0 Å². The molecule has 0 radical (unpaired) electrons. The lowest BCUT2D eigenvalue weighted by molar-refractivity contribution is 0.0313. The van der Waals surface area contributed by atoms with Crippen LogP contribution in [0.3, 0.4) is 0 Å². The second-order valence-corrected chi connectivity index (χ2v) is 5.10. The number of hydrogen-bond acceptors (Lipinski definition) is 5. The van der Waals surface area contributed by atoms with Crippen LogP contribution in [0.15, 0.2) is 18.3 Å². The topological polar surface area (TPSA) is 103 Å². The van der Waals surface area contributed by atoms with Crippen LogP contribution in [-0.2, 0) is 4.74 Å². The van der Waals surface area contributed by atoms with E-state index in [-0.39, 0.29) is 0 Å². The third kappa shape index (κ3) is 4.18. The van der Waals surface area contributed by atoms with E-state index >= 15 is 0 Å². The fourth-order valence-corrected chi connectivity index (χ4v) is 2.40. The summed E-state index contributed by atoms with van der Waals surface area (Å²) in [6, 6.07) is 3.67. The van der Waals surface area contributed by atoms with Gasteiger partial charge in [-0.2, -0.15) is 0 Å². The minimum absolute atomic E-state index is 0.302. The summed E-state index contributed by atoms with van der Waals surface area (Å²) in [7, 11) is 0. The number of hydrogen-bond donors (Lipinski definition) is 3. The highest BCUT2D eigenvalue weighted by molar-refractivity contribution is 5.97. The predicted octanol–water partition coefficient (Wildman–Crippen LogP) is 0.879. The minimum Gasteiger partial charge on any atom is -0.376 e. The Morgan fingerprint density at radius 1 is 1.40 bits per heavy atom. The Balaban J connectivity index is 1.72. The summed E-state index contributed by atoms with van der Waals surface area (Å²) in [5.74, 6) is 0.0250. The van der Waals surface area contributed by atoms with Gasteiger partial charge in [0.25, 0.3) is 5.91 Å². The molecule has 1 aromatic rings. The quantitative estimate of drug-likeness (QED) is 0.670. The molecule has 0 unspecified atom stereocenters. The van der Waals surface area contributed by atoms with Gasteiger partial charge < -0.3 is 21.5 Å². The number of pyridine rings is 1. The maximum atomic E-state index is 11.2. The van der Waals surface area contributed by atoms with Gasteiger partial charge in [0.05, 0.1) is 18.3 Å². The number of nitrogens with zero attached hydrogens (tertiary/aromatic N) is 1. The van der Waals surface area contributed by atoms with Crippen molar-refractivity contribution in [3.8, 4) is 0 Å². The molecule has 1 aliphatic rings. The summed E-state index contributed by atoms with van der Waals surface area (Å²) in [6.45, 7) is 1.18. The third-order valence-electron chi connectivity index (χ3n) is 3.54. The highest BCUT2D eigenvalue weighted by Gasteiger charge is 2.18. The van der Waals surface area contributed by atoms with Crippen LogP contribution in [-0.4, -0.2) is 36.2 Å². The molecule has 1 saturated carbocycles. The first-order valence-corrected chi connectivity index (χ1v) is 7.02. The number of anilines is 1. The Labute approximate surface area is 118 Å². The molecule has 0 saturated heterocycles. The largest absolute Gasteiger partial charge is 0.376 e. The van der Waals surface area contributed by atoms with Gasteiger partial charge in [-0.15, -0.1) is 0 Å². The van der Waals surface area contributed by atoms with Crippen LogP contribution < -0.4 is 16.8 Å². The van der Waals surface area contributed by atoms with Crippen LogP contribution in [0.25, 0.3) is 0 Å². The molecule has 0 spiro atoms. The fourth-order valence-electron chi connectivity index (χ4n) is 2.40. The van der Waals surface area contributed by atoms with Crippen LogP contribution in [0, 0.1) is 0 Å². The minimum atomic E-state index is -0.484. The molecular formula is C14H22N4O2. The van der Waals surface area contributed by atoms with Gasteiger partial charge in [0.15, 0.2) is 0 Å². The van der Waals surface area contributed by atoms with Crippen LogP contribution in [0.2, 0.25) is 0 Å². The van der Waals surface area contributed by atoms with E-state index in [4.69, 9.17) is 16.2 Å². The predicted molar refractivity (Wildman–Crippen MR) is 77.4 cm³/mol. The summed E-state index contributed by atoms with van der Waals surface area (Å²) < 4.78 is 5.79. The second-order valence-electron chi connectivity index (χ2n) is 5.10. The first-order chi connectivity index (χ1) is 9.66. The molecule has 2 rings (SSSR count). The smallest absolute Gasteiger partial charge is 0.252 e. The van der Waals surface area contributed by atoms with Crippen molar-refractivity contribution < 1.29 is 9.53 Å². The molecule has 0 bridgehead atoms. The van der Waals surface area contributed by atoms with Crippen molar-refractivity contribution >= 4 is 11.7 Å². The molecule has 0 aromatic carbocycles. The summed E-state index contributed by atoms with van der Waals surface area (Å²) in [6.07, 6.45) is 6.04. The molecular weight excluding hydrogens is 256 g/mol. The Kier molecular flexibility index (Phi) is 5.31. The number of carbonyl (C=O) groups excluding carboxylic acids is 1. The maximum absolute atomic E-state index is 11.2. The van der Waals surface area contributed by atoms with Crippen molar-refractivity contribution in [2.24, 2.45) is 11.5 Å². The summed E-state index contributed by atoms with van der Waals surface area (Å²) in [4.78, 5) is 15.3. The number of carbonyl (C=O) groups is 1. The lowest BCUT2D eigenvalue weighted by Crippen LogP contribution is -2.31. The van der Waals surface area contributed by atoms with Gasteiger partial charge >= 0.3 is 0 Å². The zero-order valence-electron chi connectivity index (χ0n) is 11.5. The summed E-state index contributed by atoms with van der Waals surface area (Å²) >= 11 is 0. The van der Waals surface area contributed by atoms with Gasteiger partial charge in [-0.25, -0.2) is 4.98 Å². The standard InChI is InChI=1S/C14H22N4O2/c15-10-3-5-11(6-4-10)20-9-8-18-14-12(13(16)19)2-1-7-17-14/h1-2,7,10-11H,3-6,8-9,15H2,(H2,16,19)(H,17,18). The van der Waals surface area contributed by atoms with Gasteiger partial charge in [0.1, 0.15) is 5.82 Å². The van der Waals surface area contributed by atoms with E-state index in [0.29, 0.717) is 36.7 Å². The summed E-state index contributed by atoms with van der Waals surface area (Å²) in [5, 5.41) is 3.08.